The van der Waals surface area contributed by atoms with Gasteiger partial charge in [0.25, 0.3) is 12.4 Å². The molecule has 166 valence electrons. The first-order valence-corrected chi connectivity index (χ1v) is 12.2. The Morgan fingerprint density at radius 1 is 1.23 bits per heavy atom. The summed E-state index contributed by atoms with van der Waals surface area (Å²) in [6.07, 6.45) is 5.77. The topological polar surface area (TPSA) is 115 Å². The van der Waals surface area contributed by atoms with E-state index in [2.05, 4.69) is 4.90 Å². The van der Waals surface area contributed by atoms with Crippen molar-refractivity contribution in [3.05, 3.63) is 29.8 Å². The Balaban J connectivity index is 0.000000806. The van der Waals surface area contributed by atoms with Crippen LogP contribution < -0.4 is 0 Å². The van der Waals surface area contributed by atoms with E-state index in [1.54, 1.807) is 12.1 Å². The summed E-state index contributed by atoms with van der Waals surface area (Å²) >= 11 is 0. The van der Waals surface area contributed by atoms with Gasteiger partial charge in [-0.05, 0) is 55.8 Å². The maximum atomic E-state index is 13.1. The Kier molecular flexibility index (Phi) is 7.15. The van der Waals surface area contributed by atoms with Crippen molar-refractivity contribution < 1.29 is 28.2 Å². The molecular formula is C21H30N2O6S. The van der Waals surface area contributed by atoms with Crippen molar-refractivity contribution in [1.82, 2.24) is 9.80 Å². The number of aliphatic hydroxyl groups excluding tert-OH is 1. The molecule has 0 unspecified atom stereocenters. The summed E-state index contributed by atoms with van der Waals surface area (Å²) in [5.74, 6) is 0.621. The number of nitrogens with zero attached hydrogens (tertiary/aromatic N) is 2. The first kappa shape index (κ1) is 22.7. The molecule has 0 saturated carbocycles. The number of hydrogen-bond acceptors (Lipinski definition) is 6. The molecule has 2 N–H and O–H groups in total. The van der Waals surface area contributed by atoms with Gasteiger partial charge in [0.15, 0.2) is 9.84 Å². The van der Waals surface area contributed by atoms with Crippen molar-refractivity contribution in [3.8, 4) is 0 Å². The summed E-state index contributed by atoms with van der Waals surface area (Å²) in [7, 11) is -3.34. The van der Waals surface area contributed by atoms with E-state index in [4.69, 9.17) is 9.90 Å². The van der Waals surface area contributed by atoms with E-state index in [9.17, 15) is 18.3 Å². The number of likely N-dealkylation sites (tertiary alicyclic amines) is 1. The van der Waals surface area contributed by atoms with E-state index in [1.807, 2.05) is 4.90 Å². The van der Waals surface area contributed by atoms with Crippen molar-refractivity contribution in [2.45, 2.75) is 42.7 Å². The third kappa shape index (κ3) is 4.68. The number of hydrogen-bond donors (Lipinski definition) is 2. The number of fused-ring (bicyclic) bond motifs is 4. The Hall–Kier alpha value is -1.97. The van der Waals surface area contributed by atoms with Crippen molar-refractivity contribution in [2.24, 2.45) is 11.8 Å². The van der Waals surface area contributed by atoms with E-state index in [0.717, 1.165) is 32.2 Å². The second kappa shape index (κ2) is 9.45. The van der Waals surface area contributed by atoms with E-state index >= 15 is 0 Å². The van der Waals surface area contributed by atoms with Gasteiger partial charge in [-0.25, -0.2) is 8.42 Å². The van der Waals surface area contributed by atoms with Crippen LogP contribution in [0.4, 0.5) is 0 Å². The molecule has 8 nitrogen and oxygen atoms in total. The number of aliphatic hydroxyl groups is 1. The Labute approximate surface area is 177 Å². The highest BCUT2D eigenvalue weighted by atomic mass is 32.2. The molecule has 3 saturated heterocycles. The van der Waals surface area contributed by atoms with Crippen LogP contribution in [0.15, 0.2) is 29.2 Å². The third-order valence-electron chi connectivity index (χ3n) is 6.61. The zero-order valence-electron chi connectivity index (χ0n) is 17.2. The Morgan fingerprint density at radius 2 is 1.93 bits per heavy atom. The monoisotopic (exact) mass is 438 g/mol. The predicted molar refractivity (Wildman–Crippen MR) is 111 cm³/mol. The molecule has 3 heterocycles. The van der Waals surface area contributed by atoms with Crippen LogP contribution in [0, 0.1) is 11.8 Å². The number of carboxylic acid groups (broad SMARTS) is 1. The molecule has 30 heavy (non-hydrogen) atoms. The van der Waals surface area contributed by atoms with Crippen LogP contribution in [-0.2, 0) is 14.6 Å². The fourth-order valence-electron chi connectivity index (χ4n) is 5.37. The van der Waals surface area contributed by atoms with Crippen molar-refractivity contribution in [1.29, 1.82) is 0 Å². The van der Waals surface area contributed by atoms with Gasteiger partial charge in [0.1, 0.15) is 0 Å². The molecule has 0 aliphatic carbocycles. The van der Waals surface area contributed by atoms with E-state index in [-0.39, 0.29) is 35.8 Å². The second-order valence-corrected chi connectivity index (χ2v) is 10.4. The number of piperidine rings is 3. The van der Waals surface area contributed by atoms with Crippen molar-refractivity contribution in [2.75, 3.05) is 32.5 Å². The molecule has 1 aromatic rings. The highest BCUT2D eigenvalue weighted by molar-refractivity contribution is 7.90. The smallest absolute Gasteiger partial charge is 0.290 e. The summed E-state index contributed by atoms with van der Waals surface area (Å²) in [5.41, 5.74) is 0.430. The first-order valence-electron chi connectivity index (χ1n) is 10.3. The predicted octanol–water partition coefficient (Wildman–Crippen LogP) is 1.10. The first-order chi connectivity index (χ1) is 14.3. The molecule has 3 aliphatic heterocycles. The fourth-order valence-corrected chi connectivity index (χ4v) is 6.03. The largest absolute Gasteiger partial charge is 0.483 e. The number of sulfone groups is 1. The van der Waals surface area contributed by atoms with Crippen LogP contribution in [0.3, 0.4) is 0 Å². The minimum atomic E-state index is -3.34. The molecular weight excluding hydrogens is 408 g/mol. The third-order valence-corrected chi connectivity index (χ3v) is 7.72. The second-order valence-electron chi connectivity index (χ2n) is 8.42. The molecule has 2 bridgehead atoms. The molecule has 0 radical (unpaired) electrons. The lowest BCUT2D eigenvalue weighted by molar-refractivity contribution is -0.122. The Bertz CT molecular complexity index is 860. The van der Waals surface area contributed by atoms with Gasteiger partial charge >= 0.3 is 0 Å². The molecule has 0 spiro atoms. The molecule has 0 aromatic heterocycles. The standard InChI is InChI=1S/C20H28N2O4S.CH2O2/c1-27(25,26)17-6-4-5-14(10-17)20(24)21-11-15-9-16(12-21)19(13-23)22-8-3-2-7-18(15)22;2-1-3/h4-6,10,15-16,18-19,23H,2-3,7-9,11-13H2,1H3;1H,(H,2,3)/t15-,16+,18+,19+;/m1./s1. The minimum Gasteiger partial charge on any atom is -0.483 e. The maximum absolute atomic E-state index is 13.1. The summed E-state index contributed by atoms with van der Waals surface area (Å²) < 4.78 is 23.6. The van der Waals surface area contributed by atoms with Crippen LogP contribution >= 0.6 is 0 Å². The maximum Gasteiger partial charge on any atom is 0.290 e. The lowest BCUT2D eigenvalue weighted by Crippen LogP contribution is -2.65. The van der Waals surface area contributed by atoms with Gasteiger partial charge in [0, 0.05) is 37.0 Å². The highest BCUT2D eigenvalue weighted by Gasteiger charge is 2.47. The average molecular weight is 439 g/mol. The van der Waals surface area contributed by atoms with E-state index < -0.39 is 9.84 Å². The fraction of sp³-hybridized carbons (Fsp3) is 0.619. The van der Waals surface area contributed by atoms with Gasteiger partial charge in [-0.3, -0.25) is 14.5 Å². The molecule has 4 atom stereocenters. The van der Waals surface area contributed by atoms with Gasteiger partial charge in [0.05, 0.1) is 11.5 Å². The minimum absolute atomic E-state index is 0.101. The van der Waals surface area contributed by atoms with Crippen LogP contribution in [0.25, 0.3) is 0 Å². The molecule has 3 fully saturated rings. The SMILES string of the molecule is CS(=O)(=O)c1cccc(C(=O)N2C[C@H]3C[C@@H](C2)[C@H](CO)N2CCCC[C@@H]32)c1.O=CO. The number of rotatable bonds is 3. The lowest BCUT2D eigenvalue weighted by atomic mass is 9.72. The van der Waals surface area contributed by atoms with Gasteiger partial charge in [0.2, 0.25) is 0 Å². The van der Waals surface area contributed by atoms with Gasteiger partial charge in [-0.15, -0.1) is 0 Å². The van der Waals surface area contributed by atoms with Crippen LogP contribution in [0.5, 0.6) is 0 Å². The number of carbonyl (C=O) groups is 2. The highest BCUT2D eigenvalue weighted by Crippen LogP contribution is 2.41. The molecule has 3 aliphatic rings. The summed E-state index contributed by atoms with van der Waals surface area (Å²) in [5, 5.41) is 16.9. The summed E-state index contributed by atoms with van der Waals surface area (Å²) in [6.45, 7) is 2.29. The number of amides is 1. The Morgan fingerprint density at radius 3 is 2.60 bits per heavy atom. The zero-order chi connectivity index (χ0) is 21.9. The van der Waals surface area contributed by atoms with E-state index in [0.29, 0.717) is 24.1 Å². The van der Waals surface area contributed by atoms with Gasteiger partial charge in [-0.2, -0.15) is 0 Å². The molecule has 4 rings (SSSR count). The van der Waals surface area contributed by atoms with Gasteiger partial charge in [-0.1, -0.05) is 12.5 Å². The average Bonchev–Trinajstić information content (AvgIpc) is 2.73. The summed E-state index contributed by atoms with van der Waals surface area (Å²) in [4.78, 5) is 26.0. The van der Waals surface area contributed by atoms with Crippen molar-refractivity contribution >= 4 is 22.2 Å². The zero-order valence-corrected chi connectivity index (χ0v) is 18.0. The van der Waals surface area contributed by atoms with Gasteiger partial charge < -0.3 is 15.1 Å². The van der Waals surface area contributed by atoms with Crippen molar-refractivity contribution in [3.63, 3.8) is 0 Å². The molecule has 1 aromatic carbocycles. The van der Waals surface area contributed by atoms with Crippen LogP contribution in [0.2, 0.25) is 0 Å². The summed E-state index contributed by atoms with van der Waals surface area (Å²) in [6, 6.07) is 6.91. The number of benzene rings is 1. The van der Waals surface area contributed by atoms with Crippen LogP contribution in [-0.4, -0.2) is 85.4 Å². The lowest BCUT2D eigenvalue weighted by Gasteiger charge is -2.56. The van der Waals surface area contributed by atoms with E-state index in [1.165, 1.54) is 25.0 Å². The van der Waals surface area contributed by atoms with Crippen LogP contribution in [0.1, 0.15) is 36.0 Å². The quantitative estimate of drug-likeness (QED) is 0.679. The normalized spacial score (nSPS) is 28.7. The number of carbonyl (C=O) groups excluding carboxylic acids is 1. The molecule has 9 heteroatoms. The molecule has 1 amide bonds.